The first-order valence-electron chi connectivity index (χ1n) is 5.28. The summed E-state index contributed by atoms with van der Waals surface area (Å²) in [6.45, 7) is 6.30. The molecule has 6 nitrogen and oxygen atoms in total. The Morgan fingerprint density at radius 2 is 2.47 bits per heavy atom. The highest BCUT2D eigenvalue weighted by Gasteiger charge is 2.08. The van der Waals surface area contributed by atoms with E-state index in [2.05, 4.69) is 22.0 Å². The number of hydrazine groups is 1. The number of nitrogens with zero attached hydrogens (tertiary/aromatic N) is 3. The molecule has 2 aromatic rings. The van der Waals surface area contributed by atoms with Crippen molar-refractivity contribution in [3.8, 4) is 5.88 Å². The van der Waals surface area contributed by atoms with E-state index in [1.165, 1.54) is 0 Å². The van der Waals surface area contributed by atoms with E-state index in [1.54, 1.807) is 16.8 Å². The van der Waals surface area contributed by atoms with Crippen LogP contribution in [0, 0.1) is 0 Å². The van der Waals surface area contributed by atoms with Gasteiger partial charge in [-0.1, -0.05) is 5.57 Å². The van der Waals surface area contributed by atoms with Crippen LogP contribution in [0.1, 0.15) is 13.3 Å². The highest BCUT2D eigenvalue weighted by atomic mass is 16.5. The molecule has 6 heteroatoms. The standard InChI is InChI=1S/C11H15N5O/c1-8(2)3-6-17-11-10-13-4-5-16(10)7-9(14-11)15-12/h4-5,7,15H,1,3,6,12H2,2H3. The fourth-order valence-electron chi connectivity index (χ4n) is 1.39. The van der Waals surface area contributed by atoms with Gasteiger partial charge < -0.3 is 10.2 Å². The van der Waals surface area contributed by atoms with E-state index < -0.39 is 0 Å². The Morgan fingerprint density at radius 3 is 3.18 bits per heavy atom. The highest BCUT2D eigenvalue weighted by molar-refractivity contribution is 5.53. The zero-order chi connectivity index (χ0) is 12.3. The average Bonchev–Trinajstić information content (AvgIpc) is 2.76. The molecule has 0 amide bonds. The summed E-state index contributed by atoms with van der Waals surface area (Å²) in [6.07, 6.45) is 6.02. The number of hydrogen-bond donors (Lipinski definition) is 2. The second-order valence-corrected chi connectivity index (χ2v) is 3.79. The van der Waals surface area contributed by atoms with E-state index in [0.29, 0.717) is 24.0 Å². The minimum absolute atomic E-state index is 0.465. The molecule has 0 saturated heterocycles. The Morgan fingerprint density at radius 1 is 1.65 bits per heavy atom. The van der Waals surface area contributed by atoms with Crippen molar-refractivity contribution in [3.63, 3.8) is 0 Å². The second-order valence-electron chi connectivity index (χ2n) is 3.79. The summed E-state index contributed by atoms with van der Waals surface area (Å²) in [4.78, 5) is 8.39. The van der Waals surface area contributed by atoms with Gasteiger partial charge in [0.15, 0.2) is 5.82 Å². The SMILES string of the molecule is C=C(C)CCOc1nc(NN)cn2ccnc12. The molecular formula is C11H15N5O. The molecule has 0 unspecified atom stereocenters. The van der Waals surface area contributed by atoms with Crippen LogP contribution < -0.4 is 16.0 Å². The summed E-state index contributed by atoms with van der Waals surface area (Å²) in [7, 11) is 0. The third-order valence-corrected chi connectivity index (χ3v) is 2.26. The molecule has 90 valence electrons. The van der Waals surface area contributed by atoms with Crippen LogP contribution in [0.15, 0.2) is 30.7 Å². The van der Waals surface area contributed by atoms with Crippen LogP contribution in [0.25, 0.3) is 5.65 Å². The summed E-state index contributed by atoms with van der Waals surface area (Å²) in [6, 6.07) is 0. The zero-order valence-electron chi connectivity index (χ0n) is 9.68. The summed E-state index contributed by atoms with van der Waals surface area (Å²) in [5.41, 5.74) is 4.23. The third kappa shape index (κ3) is 2.54. The number of nitrogens with two attached hydrogens (primary N) is 1. The topological polar surface area (TPSA) is 77.5 Å². The van der Waals surface area contributed by atoms with Crippen LogP contribution in [0.4, 0.5) is 5.82 Å². The first-order chi connectivity index (χ1) is 8.20. The largest absolute Gasteiger partial charge is 0.475 e. The molecule has 0 aliphatic rings. The molecule has 0 atom stereocenters. The number of aromatic nitrogens is 3. The monoisotopic (exact) mass is 233 g/mol. The predicted octanol–water partition coefficient (Wildman–Crippen LogP) is 1.36. The van der Waals surface area contributed by atoms with Crippen LogP contribution in [0.5, 0.6) is 5.88 Å². The van der Waals surface area contributed by atoms with Crippen molar-refractivity contribution in [3.05, 3.63) is 30.7 Å². The van der Waals surface area contributed by atoms with Crippen molar-refractivity contribution < 1.29 is 4.74 Å². The fraction of sp³-hybridized carbons (Fsp3) is 0.273. The number of imidazole rings is 1. The van der Waals surface area contributed by atoms with Gasteiger partial charge in [0.1, 0.15) is 0 Å². The molecule has 0 aromatic carbocycles. The highest BCUT2D eigenvalue weighted by Crippen LogP contribution is 2.18. The average molecular weight is 233 g/mol. The number of rotatable bonds is 5. The third-order valence-electron chi connectivity index (χ3n) is 2.26. The predicted molar refractivity (Wildman–Crippen MR) is 65.7 cm³/mol. The maximum atomic E-state index is 5.58. The normalized spacial score (nSPS) is 10.5. The Kier molecular flexibility index (Phi) is 3.24. The van der Waals surface area contributed by atoms with Crippen molar-refractivity contribution in [2.75, 3.05) is 12.0 Å². The lowest BCUT2D eigenvalue weighted by atomic mass is 10.3. The zero-order valence-corrected chi connectivity index (χ0v) is 9.68. The van der Waals surface area contributed by atoms with Crippen molar-refractivity contribution in [2.45, 2.75) is 13.3 Å². The quantitative estimate of drug-likeness (QED) is 0.463. The molecule has 0 fully saturated rings. The van der Waals surface area contributed by atoms with Gasteiger partial charge in [-0.3, -0.25) is 4.40 Å². The van der Waals surface area contributed by atoms with Crippen molar-refractivity contribution in [1.82, 2.24) is 14.4 Å². The van der Waals surface area contributed by atoms with Gasteiger partial charge in [0.2, 0.25) is 5.65 Å². The fourth-order valence-corrected chi connectivity index (χ4v) is 1.39. The van der Waals surface area contributed by atoms with E-state index in [4.69, 9.17) is 10.6 Å². The molecule has 0 radical (unpaired) electrons. The van der Waals surface area contributed by atoms with Crippen molar-refractivity contribution >= 4 is 11.5 Å². The van der Waals surface area contributed by atoms with Crippen LogP contribution in [0.3, 0.4) is 0 Å². The minimum atomic E-state index is 0.465. The van der Waals surface area contributed by atoms with E-state index >= 15 is 0 Å². The van der Waals surface area contributed by atoms with Crippen molar-refractivity contribution in [2.24, 2.45) is 5.84 Å². The number of anilines is 1. The lowest BCUT2D eigenvalue weighted by Crippen LogP contribution is -2.11. The Bertz CT molecular complexity index is 534. The Labute approximate surface area is 99.1 Å². The Hall–Kier alpha value is -2.08. The maximum Gasteiger partial charge on any atom is 0.260 e. The van der Waals surface area contributed by atoms with Crippen LogP contribution >= 0.6 is 0 Å². The number of hydrogen-bond acceptors (Lipinski definition) is 5. The van der Waals surface area contributed by atoms with E-state index in [0.717, 1.165) is 12.0 Å². The second kappa shape index (κ2) is 4.84. The van der Waals surface area contributed by atoms with Gasteiger partial charge in [0.25, 0.3) is 5.88 Å². The lowest BCUT2D eigenvalue weighted by Gasteiger charge is -2.08. The summed E-state index contributed by atoms with van der Waals surface area (Å²) < 4.78 is 7.38. The first kappa shape index (κ1) is 11.4. The molecule has 0 spiro atoms. The molecule has 17 heavy (non-hydrogen) atoms. The molecule has 0 saturated carbocycles. The maximum absolute atomic E-state index is 5.58. The lowest BCUT2D eigenvalue weighted by molar-refractivity contribution is 0.312. The summed E-state index contributed by atoms with van der Waals surface area (Å²) >= 11 is 0. The molecule has 2 heterocycles. The molecule has 0 aliphatic carbocycles. The number of nitrogens with one attached hydrogen (secondary N) is 1. The van der Waals surface area contributed by atoms with Gasteiger partial charge in [-0.2, -0.15) is 4.98 Å². The summed E-state index contributed by atoms with van der Waals surface area (Å²) in [5.74, 6) is 6.33. The van der Waals surface area contributed by atoms with E-state index in [9.17, 15) is 0 Å². The smallest absolute Gasteiger partial charge is 0.260 e. The van der Waals surface area contributed by atoms with Crippen LogP contribution in [-0.2, 0) is 0 Å². The minimum Gasteiger partial charge on any atom is -0.475 e. The molecule has 3 N–H and O–H groups in total. The molecule has 2 aromatic heterocycles. The summed E-state index contributed by atoms with van der Waals surface area (Å²) in [5, 5.41) is 0. The number of ether oxygens (including phenoxy) is 1. The van der Waals surface area contributed by atoms with Gasteiger partial charge in [0, 0.05) is 18.8 Å². The van der Waals surface area contributed by atoms with E-state index in [1.807, 2.05) is 13.1 Å². The van der Waals surface area contributed by atoms with E-state index in [-0.39, 0.29) is 0 Å². The Balaban J connectivity index is 2.24. The molecular weight excluding hydrogens is 218 g/mol. The van der Waals surface area contributed by atoms with Gasteiger partial charge in [-0.15, -0.1) is 6.58 Å². The molecule has 0 bridgehead atoms. The van der Waals surface area contributed by atoms with Gasteiger partial charge in [0.05, 0.1) is 12.8 Å². The number of nitrogen functional groups attached to an aromatic ring is 1. The van der Waals surface area contributed by atoms with Gasteiger partial charge in [-0.25, -0.2) is 10.8 Å². The van der Waals surface area contributed by atoms with Gasteiger partial charge >= 0.3 is 0 Å². The molecule has 2 rings (SSSR count). The van der Waals surface area contributed by atoms with Crippen LogP contribution in [-0.4, -0.2) is 21.0 Å². The van der Waals surface area contributed by atoms with Crippen LogP contribution in [0.2, 0.25) is 0 Å². The van der Waals surface area contributed by atoms with Crippen molar-refractivity contribution in [1.29, 1.82) is 0 Å². The van der Waals surface area contributed by atoms with Gasteiger partial charge in [-0.05, 0) is 6.92 Å². The number of fused-ring (bicyclic) bond motifs is 1. The molecule has 0 aliphatic heterocycles. The first-order valence-corrected chi connectivity index (χ1v) is 5.28.